The molecule has 0 aromatic heterocycles. The van der Waals surface area contributed by atoms with Gasteiger partial charge >= 0.3 is 0 Å². The second-order valence-corrected chi connectivity index (χ2v) is 5.51. The number of methoxy groups -OCH3 is 2. The first-order valence-electron chi connectivity index (χ1n) is 7.37. The van der Waals surface area contributed by atoms with Crippen molar-refractivity contribution in [2.75, 3.05) is 14.2 Å². The van der Waals surface area contributed by atoms with E-state index < -0.39 is 0 Å². The number of primary amides is 1. The third-order valence-electron chi connectivity index (χ3n) is 4.20. The van der Waals surface area contributed by atoms with E-state index in [1.54, 1.807) is 14.2 Å². The van der Waals surface area contributed by atoms with Crippen LogP contribution in [-0.4, -0.2) is 26.2 Å². The van der Waals surface area contributed by atoms with Gasteiger partial charge in [-0.2, -0.15) is 0 Å². The van der Waals surface area contributed by atoms with Crippen LogP contribution in [0.3, 0.4) is 0 Å². The molecule has 3 N–H and O–H groups in total. The molecule has 21 heavy (non-hydrogen) atoms. The van der Waals surface area contributed by atoms with Gasteiger partial charge in [-0.15, -0.1) is 0 Å². The molecule has 0 spiro atoms. The van der Waals surface area contributed by atoms with Gasteiger partial charge in [-0.3, -0.25) is 4.79 Å². The maximum atomic E-state index is 11.2. The van der Waals surface area contributed by atoms with E-state index in [1.165, 1.54) is 0 Å². The Kier molecular flexibility index (Phi) is 5.44. The van der Waals surface area contributed by atoms with E-state index in [2.05, 4.69) is 5.32 Å². The average Bonchev–Trinajstić information content (AvgIpc) is 2.52. The normalized spacial score (nSPS) is 21.8. The number of benzene rings is 1. The summed E-state index contributed by atoms with van der Waals surface area (Å²) in [5.41, 5.74) is 6.44. The molecule has 1 aliphatic carbocycles. The highest BCUT2D eigenvalue weighted by atomic mass is 16.5. The first kappa shape index (κ1) is 15.6. The first-order valence-corrected chi connectivity index (χ1v) is 7.37. The lowest BCUT2D eigenvalue weighted by Gasteiger charge is -2.27. The zero-order chi connectivity index (χ0) is 15.2. The van der Waals surface area contributed by atoms with Gasteiger partial charge in [0.2, 0.25) is 5.91 Å². The largest absolute Gasteiger partial charge is 0.497 e. The number of nitrogens with one attached hydrogen (secondary N) is 1. The minimum atomic E-state index is -0.164. The summed E-state index contributed by atoms with van der Waals surface area (Å²) in [4.78, 5) is 11.2. The Morgan fingerprint density at radius 3 is 2.52 bits per heavy atom. The monoisotopic (exact) mass is 292 g/mol. The Labute approximate surface area is 125 Å². The Hall–Kier alpha value is -1.75. The maximum absolute atomic E-state index is 11.2. The summed E-state index contributed by atoms with van der Waals surface area (Å²) in [5.74, 6) is 1.57. The molecule has 1 saturated carbocycles. The molecule has 0 bridgehead atoms. The number of ether oxygens (including phenoxy) is 2. The van der Waals surface area contributed by atoms with Gasteiger partial charge in [-0.05, 0) is 43.9 Å². The molecule has 0 aliphatic heterocycles. The highest BCUT2D eigenvalue weighted by Crippen LogP contribution is 2.26. The fourth-order valence-electron chi connectivity index (χ4n) is 2.86. The van der Waals surface area contributed by atoms with Crippen LogP contribution in [0.25, 0.3) is 0 Å². The highest BCUT2D eigenvalue weighted by molar-refractivity contribution is 5.76. The molecule has 0 atom stereocenters. The van der Waals surface area contributed by atoms with E-state index in [0.717, 1.165) is 49.3 Å². The highest BCUT2D eigenvalue weighted by Gasteiger charge is 2.24. The van der Waals surface area contributed by atoms with Gasteiger partial charge in [-0.25, -0.2) is 0 Å². The van der Waals surface area contributed by atoms with Crippen LogP contribution in [0.5, 0.6) is 11.5 Å². The number of hydrogen-bond acceptors (Lipinski definition) is 4. The van der Waals surface area contributed by atoms with Gasteiger partial charge in [0, 0.05) is 24.1 Å². The smallest absolute Gasteiger partial charge is 0.220 e. The number of carbonyl (C=O) groups is 1. The van der Waals surface area contributed by atoms with Crippen LogP contribution >= 0.6 is 0 Å². The summed E-state index contributed by atoms with van der Waals surface area (Å²) in [5, 5.41) is 3.54. The van der Waals surface area contributed by atoms with Crippen LogP contribution in [0.2, 0.25) is 0 Å². The van der Waals surface area contributed by atoms with Gasteiger partial charge in [-0.1, -0.05) is 0 Å². The van der Waals surface area contributed by atoms with E-state index in [4.69, 9.17) is 15.2 Å². The summed E-state index contributed by atoms with van der Waals surface area (Å²) in [6.45, 7) is 0.728. The number of nitrogens with two attached hydrogens (primary N) is 1. The molecule has 0 saturated heterocycles. The molecule has 0 heterocycles. The van der Waals surface area contributed by atoms with Crippen LogP contribution < -0.4 is 20.5 Å². The van der Waals surface area contributed by atoms with E-state index in [1.807, 2.05) is 18.2 Å². The average molecular weight is 292 g/mol. The fraction of sp³-hybridized carbons (Fsp3) is 0.562. The summed E-state index contributed by atoms with van der Waals surface area (Å²) in [6.07, 6.45) is 3.73. The molecule has 116 valence electrons. The molecule has 1 aliphatic rings. The minimum Gasteiger partial charge on any atom is -0.497 e. The lowest BCUT2D eigenvalue weighted by Crippen LogP contribution is -2.36. The summed E-state index contributed by atoms with van der Waals surface area (Å²) in [6, 6.07) is 6.22. The first-order chi connectivity index (χ1) is 10.1. The van der Waals surface area contributed by atoms with E-state index in [0.29, 0.717) is 6.04 Å². The SMILES string of the molecule is COc1ccc(OC)c(CNC2CCC(C(N)=O)CC2)c1. The van der Waals surface area contributed by atoms with Gasteiger partial charge < -0.3 is 20.5 Å². The van der Waals surface area contributed by atoms with E-state index in [9.17, 15) is 4.79 Å². The summed E-state index contributed by atoms with van der Waals surface area (Å²) in [7, 11) is 3.33. The number of carbonyl (C=O) groups excluding carboxylic acids is 1. The molecule has 1 amide bonds. The summed E-state index contributed by atoms with van der Waals surface area (Å²) < 4.78 is 10.6. The zero-order valence-electron chi connectivity index (χ0n) is 12.7. The second-order valence-electron chi connectivity index (χ2n) is 5.51. The molecule has 0 unspecified atom stereocenters. The van der Waals surface area contributed by atoms with Gasteiger partial charge in [0.25, 0.3) is 0 Å². The van der Waals surface area contributed by atoms with Gasteiger partial charge in [0.05, 0.1) is 14.2 Å². The maximum Gasteiger partial charge on any atom is 0.220 e. The van der Waals surface area contributed by atoms with Gasteiger partial charge in [0.15, 0.2) is 0 Å². The third kappa shape index (κ3) is 4.11. The van der Waals surface area contributed by atoms with Crippen LogP contribution in [0, 0.1) is 5.92 Å². The molecule has 1 aromatic carbocycles. The molecule has 1 aromatic rings. The molecule has 1 fully saturated rings. The Morgan fingerprint density at radius 2 is 1.95 bits per heavy atom. The van der Waals surface area contributed by atoms with Crippen molar-refractivity contribution in [1.82, 2.24) is 5.32 Å². The number of hydrogen-bond donors (Lipinski definition) is 2. The Balaban J connectivity index is 1.90. The Bertz CT molecular complexity index is 482. The third-order valence-corrected chi connectivity index (χ3v) is 4.20. The van der Waals surface area contributed by atoms with Crippen LogP contribution in [0.4, 0.5) is 0 Å². The lowest BCUT2D eigenvalue weighted by atomic mass is 9.85. The van der Waals surface area contributed by atoms with Crippen molar-refractivity contribution < 1.29 is 14.3 Å². The van der Waals surface area contributed by atoms with E-state index in [-0.39, 0.29) is 11.8 Å². The number of rotatable bonds is 6. The summed E-state index contributed by atoms with van der Waals surface area (Å²) >= 11 is 0. The Morgan fingerprint density at radius 1 is 1.24 bits per heavy atom. The molecule has 2 rings (SSSR count). The van der Waals surface area contributed by atoms with Crippen LogP contribution in [0.1, 0.15) is 31.2 Å². The number of amides is 1. The molecular weight excluding hydrogens is 268 g/mol. The quantitative estimate of drug-likeness (QED) is 0.839. The lowest BCUT2D eigenvalue weighted by molar-refractivity contribution is -0.122. The van der Waals surface area contributed by atoms with Crippen molar-refractivity contribution in [3.05, 3.63) is 23.8 Å². The van der Waals surface area contributed by atoms with Crippen LogP contribution in [0.15, 0.2) is 18.2 Å². The standard InChI is InChI=1S/C16H24N2O3/c1-20-14-7-8-15(21-2)12(9-14)10-18-13-5-3-11(4-6-13)16(17)19/h7-9,11,13,18H,3-6,10H2,1-2H3,(H2,17,19). The van der Waals surface area contributed by atoms with E-state index >= 15 is 0 Å². The molecule has 5 nitrogen and oxygen atoms in total. The van der Waals surface area contributed by atoms with Crippen molar-refractivity contribution in [2.45, 2.75) is 38.3 Å². The molecule has 0 radical (unpaired) electrons. The molecule has 5 heteroatoms. The predicted octanol–water partition coefficient (Wildman–Crippen LogP) is 1.84. The van der Waals surface area contributed by atoms with Crippen LogP contribution in [-0.2, 0) is 11.3 Å². The zero-order valence-corrected chi connectivity index (χ0v) is 12.7. The van der Waals surface area contributed by atoms with Crippen molar-refractivity contribution >= 4 is 5.91 Å². The van der Waals surface area contributed by atoms with Crippen molar-refractivity contribution in [1.29, 1.82) is 0 Å². The predicted molar refractivity (Wildman–Crippen MR) is 81.3 cm³/mol. The topological polar surface area (TPSA) is 73.6 Å². The van der Waals surface area contributed by atoms with Crippen molar-refractivity contribution in [3.8, 4) is 11.5 Å². The van der Waals surface area contributed by atoms with Gasteiger partial charge in [0.1, 0.15) is 11.5 Å². The van der Waals surface area contributed by atoms with Crippen molar-refractivity contribution in [3.63, 3.8) is 0 Å². The second kappa shape index (κ2) is 7.31. The minimum absolute atomic E-state index is 0.0504. The molecular formula is C16H24N2O3. The van der Waals surface area contributed by atoms with Crippen molar-refractivity contribution in [2.24, 2.45) is 11.7 Å². The fourth-order valence-corrected chi connectivity index (χ4v) is 2.86.